The van der Waals surface area contributed by atoms with Crippen LogP contribution in [0, 0.1) is 27.7 Å². The Hall–Kier alpha value is -2.67. The zero-order chi connectivity index (χ0) is 23.5. The number of amides is 1. The van der Waals surface area contributed by atoms with Gasteiger partial charge in [-0.15, -0.1) is 0 Å². The molecule has 3 aromatic carbocycles. The number of anilines is 1. The van der Waals surface area contributed by atoms with Gasteiger partial charge in [0.25, 0.3) is 0 Å². The van der Waals surface area contributed by atoms with Crippen molar-refractivity contribution >= 4 is 33.2 Å². The molecule has 5 nitrogen and oxygen atoms in total. The minimum atomic E-state index is -3.95. The number of carbonyl (C=O) groups is 1. The predicted octanol–water partition coefficient (Wildman–Crippen LogP) is 5.10. The van der Waals surface area contributed by atoms with Crippen LogP contribution < -0.4 is 10.0 Å². The van der Waals surface area contributed by atoms with Crippen molar-refractivity contribution in [1.82, 2.24) is 4.72 Å². The smallest absolute Gasteiger partial charge is 0.242 e. The Balaban J connectivity index is 1.96. The summed E-state index contributed by atoms with van der Waals surface area (Å²) < 4.78 is 29.3. The fourth-order valence-electron chi connectivity index (χ4n) is 3.82. The zero-order valence-electron chi connectivity index (χ0n) is 18.6. The highest BCUT2D eigenvalue weighted by molar-refractivity contribution is 7.89. The molecule has 0 heterocycles. The van der Waals surface area contributed by atoms with Crippen molar-refractivity contribution in [3.05, 3.63) is 93.5 Å². The summed E-state index contributed by atoms with van der Waals surface area (Å²) in [4.78, 5) is 13.4. The van der Waals surface area contributed by atoms with Crippen molar-refractivity contribution in [3.63, 3.8) is 0 Å². The number of hydrogen-bond acceptors (Lipinski definition) is 3. The fourth-order valence-corrected chi connectivity index (χ4v) is 5.64. The second kappa shape index (κ2) is 9.86. The Bertz CT molecular complexity index is 1220. The minimum Gasteiger partial charge on any atom is -0.324 e. The summed E-state index contributed by atoms with van der Waals surface area (Å²) in [6, 6.07) is 17.1. The molecular weight excluding hydrogens is 444 g/mol. The van der Waals surface area contributed by atoms with Crippen LogP contribution in [0.3, 0.4) is 0 Å². The molecule has 168 valence electrons. The van der Waals surface area contributed by atoms with Gasteiger partial charge in [-0.05, 0) is 68.5 Å². The van der Waals surface area contributed by atoms with Crippen LogP contribution in [0.1, 0.15) is 27.8 Å². The molecule has 1 atom stereocenters. The first-order chi connectivity index (χ1) is 15.1. The van der Waals surface area contributed by atoms with Gasteiger partial charge >= 0.3 is 0 Å². The third kappa shape index (κ3) is 5.76. The number of carbonyl (C=O) groups excluding carboxylic acids is 1. The monoisotopic (exact) mass is 470 g/mol. The summed E-state index contributed by atoms with van der Waals surface area (Å²) >= 11 is 6.08. The molecule has 3 aromatic rings. The number of nitrogens with one attached hydrogen (secondary N) is 2. The second-order valence-corrected chi connectivity index (χ2v) is 10.1. The van der Waals surface area contributed by atoms with Gasteiger partial charge in [0.1, 0.15) is 6.04 Å². The van der Waals surface area contributed by atoms with Crippen molar-refractivity contribution in [3.8, 4) is 0 Å². The molecule has 2 N–H and O–H groups in total. The molecule has 0 saturated carbocycles. The largest absolute Gasteiger partial charge is 0.324 e. The van der Waals surface area contributed by atoms with Gasteiger partial charge in [-0.25, -0.2) is 8.42 Å². The highest BCUT2D eigenvalue weighted by Gasteiger charge is 2.28. The van der Waals surface area contributed by atoms with Gasteiger partial charge in [0.15, 0.2) is 0 Å². The molecular formula is C25H27ClN2O3S. The summed E-state index contributed by atoms with van der Waals surface area (Å²) in [6.45, 7) is 7.29. The maximum atomic E-state index is 13.4. The summed E-state index contributed by atoms with van der Waals surface area (Å²) in [5.74, 6) is -0.454. The van der Waals surface area contributed by atoms with E-state index in [4.69, 9.17) is 11.6 Å². The van der Waals surface area contributed by atoms with Crippen molar-refractivity contribution < 1.29 is 13.2 Å². The van der Waals surface area contributed by atoms with E-state index in [1.54, 1.807) is 32.0 Å². The molecule has 0 aliphatic carbocycles. The van der Waals surface area contributed by atoms with Crippen molar-refractivity contribution in [2.45, 2.75) is 45.1 Å². The maximum Gasteiger partial charge on any atom is 0.242 e. The molecule has 0 fully saturated rings. The van der Waals surface area contributed by atoms with E-state index in [1.807, 2.05) is 56.3 Å². The van der Waals surface area contributed by atoms with E-state index in [1.165, 1.54) is 0 Å². The number of halogens is 1. The van der Waals surface area contributed by atoms with Crippen LogP contribution in [0.2, 0.25) is 5.02 Å². The second-order valence-electron chi connectivity index (χ2n) is 8.04. The Kier molecular flexibility index (Phi) is 7.39. The minimum absolute atomic E-state index is 0.202. The Morgan fingerprint density at radius 3 is 2.16 bits per heavy atom. The molecule has 7 heteroatoms. The van der Waals surface area contributed by atoms with Crippen LogP contribution in [0.25, 0.3) is 0 Å². The van der Waals surface area contributed by atoms with Crippen LogP contribution in [0.15, 0.2) is 65.6 Å². The van der Waals surface area contributed by atoms with Crippen molar-refractivity contribution in [1.29, 1.82) is 0 Å². The van der Waals surface area contributed by atoms with Gasteiger partial charge in [-0.1, -0.05) is 65.7 Å². The average molecular weight is 471 g/mol. The molecule has 3 rings (SSSR count). The number of sulfonamides is 1. The predicted molar refractivity (Wildman–Crippen MR) is 130 cm³/mol. The molecule has 0 unspecified atom stereocenters. The van der Waals surface area contributed by atoms with Gasteiger partial charge < -0.3 is 5.32 Å². The molecule has 0 aliphatic rings. The molecule has 0 saturated heterocycles. The third-order valence-electron chi connectivity index (χ3n) is 5.23. The van der Waals surface area contributed by atoms with E-state index in [-0.39, 0.29) is 11.3 Å². The van der Waals surface area contributed by atoms with E-state index >= 15 is 0 Å². The van der Waals surface area contributed by atoms with E-state index in [9.17, 15) is 13.2 Å². The lowest BCUT2D eigenvalue weighted by atomic mass is 10.1. The summed E-state index contributed by atoms with van der Waals surface area (Å²) in [5, 5.41) is 3.32. The Morgan fingerprint density at radius 1 is 0.906 bits per heavy atom. The van der Waals surface area contributed by atoms with Gasteiger partial charge in [0.05, 0.1) is 4.90 Å². The van der Waals surface area contributed by atoms with Crippen LogP contribution in [0.5, 0.6) is 0 Å². The Morgan fingerprint density at radius 2 is 1.53 bits per heavy atom. The highest BCUT2D eigenvalue weighted by atomic mass is 35.5. The first kappa shape index (κ1) is 24.0. The summed E-state index contributed by atoms with van der Waals surface area (Å²) in [5.41, 5.74) is 4.47. The van der Waals surface area contributed by atoms with E-state index in [2.05, 4.69) is 10.0 Å². The average Bonchev–Trinajstić information content (AvgIpc) is 2.69. The zero-order valence-corrected chi connectivity index (χ0v) is 20.1. The van der Waals surface area contributed by atoms with Gasteiger partial charge in [-0.2, -0.15) is 4.72 Å². The molecule has 1 amide bonds. The lowest BCUT2D eigenvalue weighted by molar-refractivity contribution is -0.117. The SMILES string of the molecule is Cc1cc(C)c(S(=O)(=O)N[C@@H](Cc2ccccc2)C(=O)Nc2cc(Cl)ccc2C)c(C)c1. The number of hydrogen-bond donors (Lipinski definition) is 2. The number of rotatable bonds is 7. The molecule has 0 spiro atoms. The molecule has 0 aliphatic heterocycles. The fraction of sp³-hybridized carbons (Fsp3) is 0.240. The first-order valence-corrected chi connectivity index (χ1v) is 12.1. The highest BCUT2D eigenvalue weighted by Crippen LogP contribution is 2.24. The summed E-state index contributed by atoms with van der Waals surface area (Å²) in [6.07, 6.45) is 0.204. The van der Waals surface area contributed by atoms with Crippen LogP contribution in [0.4, 0.5) is 5.69 Å². The number of aryl methyl sites for hydroxylation is 4. The normalized spacial score (nSPS) is 12.4. The quantitative estimate of drug-likeness (QED) is 0.504. The maximum absolute atomic E-state index is 13.4. The molecule has 0 aromatic heterocycles. The Labute approximate surface area is 194 Å². The van der Waals surface area contributed by atoms with E-state index in [0.29, 0.717) is 21.8 Å². The lowest BCUT2D eigenvalue weighted by Crippen LogP contribution is -2.45. The topological polar surface area (TPSA) is 75.3 Å². The van der Waals surface area contributed by atoms with Crippen molar-refractivity contribution in [2.24, 2.45) is 0 Å². The number of benzene rings is 3. The van der Waals surface area contributed by atoms with E-state index < -0.39 is 22.0 Å². The summed E-state index contributed by atoms with van der Waals surface area (Å²) in [7, 11) is -3.95. The van der Waals surface area contributed by atoms with Crippen LogP contribution >= 0.6 is 11.6 Å². The van der Waals surface area contributed by atoms with Gasteiger partial charge in [0.2, 0.25) is 15.9 Å². The van der Waals surface area contributed by atoms with Crippen LogP contribution in [-0.4, -0.2) is 20.4 Å². The van der Waals surface area contributed by atoms with Crippen LogP contribution in [-0.2, 0) is 21.2 Å². The van der Waals surface area contributed by atoms with E-state index in [0.717, 1.165) is 16.7 Å². The van der Waals surface area contributed by atoms with Gasteiger partial charge in [-0.3, -0.25) is 4.79 Å². The molecule has 32 heavy (non-hydrogen) atoms. The van der Waals surface area contributed by atoms with Gasteiger partial charge in [0, 0.05) is 10.7 Å². The molecule has 0 radical (unpaired) electrons. The van der Waals surface area contributed by atoms with Crippen molar-refractivity contribution in [2.75, 3.05) is 5.32 Å². The molecule has 0 bridgehead atoms. The lowest BCUT2D eigenvalue weighted by Gasteiger charge is -2.21. The first-order valence-electron chi connectivity index (χ1n) is 10.3. The standard InChI is InChI=1S/C25H27ClN2O3S/c1-16-12-18(3)24(19(4)13-16)32(30,31)28-23(14-20-8-6-5-7-9-20)25(29)27-22-15-21(26)11-10-17(22)2/h5-13,15,23,28H,14H2,1-4H3,(H,27,29)/t23-/m0/s1. The third-order valence-corrected chi connectivity index (χ3v) is 7.24.